The molecule has 0 spiro atoms. The highest BCUT2D eigenvalue weighted by molar-refractivity contribution is 9.10. The molecule has 1 aromatic rings. The summed E-state index contributed by atoms with van der Waals surface area (Å²) in [6.45, 7) is 4.76. The van der Waals surface area contributed by atoms with Gasteiger partial charge in [-0.15, -0.1) is 0 Å². The number of ether oxygens (including phenoxy) is 1. The van der Waals surface area contributed by atoms with Crippen LogP contribution in [0.5, 0.6) is 5.75 Å². The van der Waals surface area contributed by atoms with Crippen molar-refractivity contribution in [2.75, 3.05) is 12.3 Å². The highest BCUT2D eigenvalue weighted by Crippen LogP contribution is 2.34. The minimum Gasteiger partial charge on any atom is -0.490 e. The first-order chi connectivity index (χ1) is 6.50. The van der Waals surface area contributed by atoms with Crippen LogP contribution in [0.2, 0.25) is 5.02 Å². The number of nitrogens with two attached hydrogens (primary N) is 1. The van der Waals surface area contributed by atoms with Crippen LogP contribution in [0.3, 0.4) is 0 Å². The molecular formula is C10H13BrClNO. The van der Waals surface area contributed by atoms with E-state index in [-0.39, 0.29) is 0 Å². The Morgan fingerprint density at radius 3 is 2.64 bits per heavy atom. The molecule has 1 rings (SSSR count). The number of benzene rings is 1. The summed E-state index contributed by atoms with van der Waals surface area (Å²) in [6.07, 6.45) is 0. The van der Waals surface area contributed by atoms with Gasteiger partial charge < -0.3 is 10.5 Å². The number of halogens is 2. The van der Waals surface area contributed by atoms with Crippen LogP contribution >= 0.6 is 27.5 Å². The second-order valence-electron chi connectivity index (χ2n) is 3.51. The fourth-order valence-electron chi connectivity index (χ4n) is 0.983. The molecule has 1 aromatic carbocycles. The maximum absolute atomic E-state index is 5.98. The Morgan fingerprint density at radius 1 is 1.50 bits per heavy atom. The quantitative estimate of drug-likeness (QED) is 0.855. The molecule has 14 heavy (non-hydrogen) atoms. The Kier molecular flexibility index (Phi) is 4.08. The first kappa shape index (κ1) is 11.7. The number of hydrogen-bond donors (Lipinski definition) is 1. The smallest absolute Gasteiger partial charge is 0.160 e. The molecule has 0 aromatic heterocycles. The Balaban J connectivity index is 2.86. The van der Waals surface area contributed by atoms with E-state index in [1.807, 2.05) is 0 Å². The first-order valence-corrected chi connectivity index (χ1v) is 5.55. The second kappa shape index (κ2) is 4.89. The Bertz CT molecular complexity index is 305. The van der Waals surface area contributed by atoms with Crippen LogP contribution in [0.1, 0.15) is 13.8 Å². The molecule has 2 N–H and O–H groups in total. The van der Waals surface area contributed by atoms with Crippen molar-refractivity contribution in [2.45, 2.75) is 13.8 Å². The van der Waals surface area contributed by atoms with Crippen LogP contribution in [0, 0.1) is 5.92 Å². The van der Waals surface area contributed by atoms with E-state index in [4.69, 9.17) is 22.1 Å². The molecule has 0 atom stereocenters. The topological polar surface area (TPSA) is 35.2 Å². The van der Waals surface area contributed by atoms with Gasteiger partial charge in [-0.3, -0.25) is 0 Å². The zero-order valence-corrected chi connectivity index (χ0v) is 10.5. The van der Waals surface area contributed by atoms with Gasteiger partial charge >= 0.3 is 0 Å². The lowest BCUT2D eigenvalue weighted by atomic mass is 10.2. The molecule has 0 unspecified atom stereocenters. The molecule has 4 heteroatoms. The minimum absolute atomic E-state index is 0.453. The van der Waals surface area contributed by atoms with E-state index >= 15 is 0 Å². The fourth-order valence-corrected chi connectivity index (χ4v) is 1.87. The standard InChI is InChI=1S/C10H13BrClNO/c1-6(2)5-14-10-8(12)3-7(11)4-9(10)13/h3-4,6H,5,13H2,1-2H3. The van der Waals surface area contributed by atoms with Crippen LogP contribution in [-0.2, 0) is 0 Å². The van der Waals surface area contributed by atoms with E-state index in [0.717, 1.165) is 4.47 Å². The molecule has 0 saturated carbocycles. The number of nitrogen functional groups attached to an aromatic ring is 1. The lowest BCUT2D eigenvalue weighted by molar-refractivity contribution is 0.272. The maximum Gasteiger partial charge on any atom is 0.160 e. The van der Waals surface area contributed by atoms with Gasteiger partial charge in [0.15, 0.2) is 5.75 Å². The molecule has 0 radical (unpaired) electrons. The predicted molar refractivity (Wildman–Crippen MR) is 63.9 cm³/mol. The molecule has 0 bridgehead atoms. The van der Waals surface area contributed by atoms with Gasteiger partial charge in [-0.25, -0.2) is 0 Å². The molecule has 0 amide bonds. The molecule has 2 nitrogen and oxygen atoms in total. The van der Waals surface area contributed by atoms with Crippen LogP contribution < -0.4 is 10.5 Å². The monoisotopic (exact) mass is 277 g/mol. The number of rotatable bonds is 3. The zero-order valence-electron chi connectivity index (χ0n) is 8.18. The van der Waals surface area contributed by atoms with Gasteiger partial charge in [0.2, 0.25) is 0 Å². The van der Waals surface area contributed by atoms with Crippen molar-refractivity contribution in [3.8, 4) is 5.75 Å². The molecule has 0 heterocycles. The van der Waals surface area contributed by atoms with E-state index in [0.29, 0.717) is 29.0 Å². The van der Waals surface area contributed by atoms with Crippen LogP contribution in [-0.4, -0.2) is 6.61 Å². The van der Waals surface area contributed by atoms with E-state index in [1.165, 1.54) is 0 Å². The molecule has 0 fully saturated rings. The van der Waals surface area contributed by atoms with Crippen molar-refractivity contribution in [1.82, 2.24) is 0 Å². The van der Waals surface area contributed by atoms with E-state index < -0.39 is 0 Å². The van der Waals surface area contributed by atoms with Crippen molar-refractivity contribution in [3.63, 3.8) is 0 Å². The zero-order chi connectivity index (χ0) is 10.7. The van der Waals surface area contributed by atoms with E-state index in [2.05, 4.69) is 29.8 Å². The summed E-state index contributed by atoms with van der Waals surface area (Å²) in [4.78, 5) is 0. The lowest BCUT2D eigenvalue weighted by Crippen LogP contribution is -2.06. The molecule has 0 saturated heterocycles. The summed E-state index contributed by atoms with van der Waals surface area (Å²) in [5, 5.41) is 0.539. The Labute approximate surface area is 97.5 Å². The Morgan fingerprint density at radius 2 is 2.14 bits per heavy atom. The largest absolute Gasteiger partial charge is 0.490 e. The number of anilines is 1. The van der Waals surface area contributed by atoms with Crippen LogP contribution in [0.25, 0.3) is 0 Å². The summed E-state index contributed by atoms with van der Waals surface area (Å²) < 4.78 is 6.36. The summed E-state index contributed by atoms with van der Waals surface area (Å²) in [5.41, 5.74) is 6.33. The molecule has 0 aliphatic rings. The maximum atomic E-state index is 5.98. The van der Waals surface area contributed by atoms with Gasteiger partial charge in [-0.2, -0.15) is 0 Å². The van der Waals surface area contributed by atoms with Gasteiger partial charge in [0.25, 0.3) is 0 Å². The van der Waals surface area contributed by atoms with Gasteiger partial charge in [0, 0.05) is 4.47 Å². The third-order valence-corrected chi connectivity index (χ3v) is 2.34. The average Bonchev–Trinajstić information content (AvgIpc) is 2.01. The third kappa shape index (κ3) is 3.07. The van der Waals surface area contributed by atoms with Crippen molar-refractivity contribution in [1.29, 1.82) is 0 Å². The molecule has 0 aliphatic heterocycles. The fraction of sp³-hybridized carbons (Fsp3) is 0.400. The van der Waals surface area contributed by atoms with Crippen molar-refractivity contribution >= 4 is 33.2 Å². The third-order valence-electron chi connectivity index (χ3n) is 1.60. The van der Waals surface area contributed by atoms with Gasteiger partial charge in [0.1, 0.15) is 0 Å². The minimum atomic E-state index is 0.453. The number of hydrogen-bond acceptors (Lipinski definition) is 2. The normalized spacial score (nSPS) is 10.6. The SMILES string of the molecule is CC(C)COc1c(N)cc(Br)cc1Cl. The highest BCUT2D eigenvalue weighted by atomic mass is 79.9. The second-order valence-corrected chi connectivity index (χ2v) is 4.83. The molecular weight excluding hydrogens is 265 g/mol. The van der Waals surface area contributed by atoms with E-state index in [1.54, 1.807) is 12.1 Å². The lowest BCUT2D eigenvalue weighted by Gasteiger charge is -2.12. The summed E-state index contributed by atoms with van der Waals surface area (Å²) >= 11 is 9.29. The van der Waals surface area contributed by atoms with Gasteiger partial charge in [-0.05, 0) is 18.1 Å². The van der Waals surface area contributed by atoms with Crippen LogP contribution in [0.4, 0.5) is 5.69 Å². The average molecular weight is 279 g/mol. The predicted octanol–water partition coefficient (Wildman–Crippen LogP) is 3.72. The molecule has 0 aliphatic carbocycles. The first-order valence-electron chi connectivity index (χ1n) is 4.38. The van der Waals surface area contributed by atoms with E-state index in [9.17, 15) is 0 Å². The van der Waals surface area contributed by atoms with Gasteiger partial charge in [-0.1, -0.05) is 41.4 Å². The van der Waals surface area contributed by atoms with Crippen molar-refractivity contribution in [3.05, 3.63) is 21.6 Å². The van der Waals surface area contributed by atoms with Gasteiger partial charge in [0.05, 0.1) is 17.3 Å². The summed E-state index contributed by atoms with van der Waals surface area (Å²) in [5.74, 6) is 1.03. The highest BCUT2D eigenvalue weighted by Gasteiger charge is 2.08. The Hall–Kier alpha value is -0.410. The van der Waals surface area contributed by atoms with Crippen molar-refractivity contribution in [2.24, 2.45) is 5.92 Å². The summed E-state index contributed by atoms with van der Waals surface area (Å²) in [6, 6.07) is 3.55. The molecule has 78 valence electrons. The van der Waals surface area contributed by atoms with Crippen molar-refractivity contribution < 1.29 is 4.74 Å². The van der Waals surface area contributed by atoms with Crippen LogP contribution in [0.15, 0.2) is 16.6 Å². The summed E-state index contributed by atoms with van der Waals surface area (Å²) in [7, 11) is 0.